The zero-order valence-electron chi connectivity index (χ0n) is 13.6. The van der Waals surface area contributed by atoms with E-state index in [4.69, 9.17) is 4.52 Å². The van der Waals surface area contributed by atoms with E-state index in [1.807, 2.05) is 6.07 Å². The molecule has 0 radical (unpaired) electrons. The van der Waals surface area contributed by atoms with Crippen molar-refractivity contribution in [1.29, 1.82) is 0 Å². The van der Waals surface area contributed by atoms with E-state index < -0.39 is 5.60 Å². The van der Waals surface area contributed by atoms with Crippen LogP contribution in [0, 0.1) is 0 Å². The molecule has 0 bridgehead atoms. The van der Waals surface area contributed by atoms with Gasteiger partial charge in [-0.1, -0.05) is 24.4 Å². The van der Waals surface area contributed by atoms with E-state index in [2.05, 4.69) is 20.4 Å². The van der Waals surface area contributed by atoms with Crippen molar-refractivity contribution in [3.8, 4) is 11.4 Å². The molecule has 0 aliphatic heterocycles. The Morgan fingerprint density at radius 1 is 1.33 bits per heavy atom. The minimum Gasteiger partial charge on any atom is -0.388 e. The Balaban J connectivity index is 1.46. The molecule has 24 heavy (non-hydrogen) atoms. The highest BCUT2D eigenvalue weighted by atomic mass is 16.5. The third kappa shape index (κ3) is 4.38. The number of nitrogens with zero attached hydrogens (tertiary/aromatic N) is 3. The Bertz CT molecular complexity index is 665. The van der Waals surface area contributed by atoms with Crippen LogP contribution in [0.15, 0.2) is 29.0 Å². The topological polar surface area (TPSA) is 101 Å². The molecule has 0 unspecified atom stereocenters. The standard InChI is InChI=1S/C17H22N4O3/c22-14(19-12-17(23)8-2-1-3-9-17)6-7-15-20-16(21-24-15)13-5-4-10-18-11-13/h4-5,10-11,23H,1-3,6-9,12H2,(H,19,22). The predicted octanol–water partition coefficient (Wildman–Crippen LogP) is 1.88. The second kappa shape index (κ2) is 7.53. The first-order chi connectivity index (χ1) is 11.6. The third-order valence-corrected chi connectivity index (χ3v) is 4.35. The van der Waals surface area contributed by atoms with Crippen LogP contribution in [-0.4, -0.2) is 38.3 Å². The molecule has 3 rings (SSSR count). The van der Waals surface area contributed by atoms with Crippen molar-refractivity contribution in [2.45, 2.75) is 50.5 Å². The smallest absolute Gasteiger partial charge is 0.227 e. The number of nitrogens with one attached hydrogen (secondary N) is 1. The number of pyridine rings is 1. The fourth-order valence-corrected chi connectivity index (χ4v) is 2.93. The molecule has 7 nitrogen and oxygen atoms in total. The second-order valence-electron chi connectivity index (χ2n) is 6.32. The van der Waals surface area contributed by atoms with Crippen LogP contribution in [0.1, 0.15) is 44.4 Å². The zero-order chi connectivity index (χ0) is 16.8. The highest BCUT2D eigenvalue weighted by Crippen LogP contribution is 2.27. The number of rotatable bonds is 6. The number of hydrogen-bond donors (Lipinski definition) is 2. The molecule has 2 heterocycles. The first-order valence-electron chi connectivity index (χ1n) is 8.37. The molecule has 1 saturated carbocycles. The minimum atomic E-state index is -0.744. The maximum Gasteiger partial charge on any atom is 0.227 e. The number of aliphatic hydroxyl groups is 1. The largest absolute Gasteiger partial charge is 0.388 e. The number of carbonyl (C=O) groups excluding carboxylic acids is 1. The van der Waals surface area contributed by atoms with E-state index in [0.29, 0.717) is 24.7 Å². The fraction of sp³-hybridized carbons (Fsp3) is 0.529. The first-order valence-corrected chi connectivity index (χ1v) is 8.37. The summed E-state index contributed by atoms with van der Waals surface area (Å²) in [5, 5.41) is 17.1. The zero-order valence-corrected chi connectivity index (χ0v) is 13.6. The summed E-state index contributed by atoms with van der Waals surface area (Å²) in [4.78, 5) is 20.2. The molecule has 1 aliphatic rings. The van der Waals surface area contributed by atoms with Crippen LogP contribution in [-0.2, 0) is 11.2 Å². The first kappa shape index (κ1) is 16.6. The summed E-state index contributed by atoms with van der Waals surface area (Å²) in [7, 11) is 0. The summed E-state index contributed by atoms with van der Waals surface area (Å²) >= 11 is 0. The molecule has 0 saturated heterocycles. The summed E-state index contributed by atoms with van der Waals surface area (Å²) < 4.78 is 5.17. The normalized spacial score (nSPS) is 16.7. The highest BCUT2D eigenvalue weighted by molar-refractivity contribution is 5.76. The molecule has 1 amide bonds. The van der Waals surface area contributed by atoms with Gasteiger partial charge in [-0.05, 0) is 25.0 Å². The molecule has 2 N–H and O–H groups in total. The van der Waals surface area contributed by atoms with E-state index in [9.17, 15) is 9.90 Å². The van der Waals surface area contributed by atoms with Gasteiger partial charge in [0.15, 0.2) is 0 Å². The van der Waals surface area contributed by atoms with Gasteiger partial charge < -0.3 is 14.9 Å². The Morgan fingerprint density at radius 2 is 2.17 bits per heavy atom. The highest BCUT2D eigenvalue weighted by Gasteiger charge is 2.29. The molecular weight excluding hydrogens is 308 g/mol. The number of amides is 1. The van der Waals surface area contributed by atoms with E-state index in [0.717, 1.165) is 37.7 Å². The predicted molar refractivity (Wildman–Crippen MR) is 86.9 cm³/mol. The lowest BCUT2D eigenvalue weighted by Gasteiger charge is -2.32. The summed E-state index contributed by atoms with van der Waals surface area (Å²) in [6, 6.07) is 3.65. The van der Waals surface area contributed by atoms with Crippen molar-refractivity contribution in [1.82, 2.24) is 20.4 Å². The average Bonchev–Trinajstić information content (AvgIpc) is 3.09. The lowest BCUT2D eigenvalue weighted by atomic mass is 9.85. The molecule has 2 aromatic rings. The maximum atomic E-state index is 12.0. The molecule has 7 heteroatoms. The van der Waals surface area contributed by atoms with E-state index >= 15 is 0 Å². The summed E-state index contributed by atoms with van der Waals surface area (Å²) in [5.41, 5.74) is 0.0303. The van der Waals surface area contributed by atoms with E-state index in [1.165, 1.54) is 0 Å². The lowest BCUT2D eigenvalue weighted by Crippen LogP contribution is -2.44. The molecule has 0 atom stereocenters. The fourth-order valence-electron chi connectivity index (χ4n) is 2.93. The average molecular weight is 330 g/mol. The molecule has 1 fully saturated rings. The quantitative estimate of drug-likeness (QED) is 0.838. The Morgan fingerprint density at radius 3 is 2.92 bits per heavy atom. The Labute approximate surface area is 140 Å². The number of carbonyl (C=O) groups is 1. The van der Waals surface area contributed by atoms with Gasteiger partial charge in [0.2, 0.25) is 17.6 Å². The monoisotopic (exact) mass is 330 g/mol. The summed E-state index contributed by atoms with van der Waals surface area (Å²) in [5.74, 6) is 0.769. The van der Waals surface area contributed by atoms with Crippen LogP contribution in [0.25, 0.3) is 11.4 Å². The third-order valence-electron chi connectivity index (χ3n) is 4.35. The van der Waals surface area contributed by atoms with Gasteiger partial charge in [-0.2, -0.15) is 4.98 Å². The molecule has 2 aromatic heterocycles. The van der Waals surface area contributed by atoms with Crippen LogP contribution in [0.3, 0.4) is 0 Å². The van der Waals surface area contributed by atoms with E-state index in [-0.39, 0.29) is 12.3 Å². The van der Waals surface area contributed by atoms with Gasteiger partial charge in [-0.25, -0.2) is 0 Å². The van der Waals surface area contributed by atoms with Crippen LogP contribution >= 0.6 is 0 Å². The number of aromatic nitrogens is 3. The Hall–Kier alpha value is -2.28. The van der Waals surface area contributed by atoms with Gasteiger partial charge in [-0.3, -0.25) is 9.78 Å². The molecule has 128 valence electrons. The molecule has 0 spiro atoms. The Kier molecular flexibility index (Phi) is 5.20. The van der Waals surface area contributed by atoms with Crippen LogP contribution in [0.2, 0.25) is 0 Å². The van der Waals surface area contributed by atoms with Gasteiger partial charge in [-0.15, -0.1) is 0 Å². The van der Waals surface area contributed by atoms with Crippen molar-refractivity contribution in [2.24, 2.45) is 0 Å². The van der Waals surface area contributed by atoms with Crippen LogP contribution < -0.4 is 5.32 Å². The van der Waals surface area contributed by atoms with Crippen molar-refractivity contribution >= 4 is 5.91 Å². The molecular formula is C17H22N4O3. The maximum absolute atomic E-state index is 12.0. The number of aryl methyl sites for hydroxylation is 1. The minimum absolute atomic E-state index is 0.116. The van der Waals surface area contributed by atoms with E-state index in [1.54, 1.807) is 18.5 Å². The summed E-state index contributed by atoms with van der Waals surface area (Å²) in [6.07, 6.45) is 8.67. The van der Waals surface area contributed by atoms with Crippen molar-refractivity contribution in [2.75, 3.05) is 6.54 Å². The van der Waals surface area contributed by atoms with Gasteiger partial charge in [0.05, 0.1) is 5.60 Å². The van der Waals surface area contributed by atoms with Crippen molar-refractivity contribution in [3.63, 3.8) is 0 Å². The lowest BCUT2D eigenvalue weighted by molar-refractivity contribution is -0.122. The molecule has 1 aliphatic carbocycles. The number of hydrogen-bond acceptors (Lipinski definition) is 6. The molecule has 0 aromatic carbocycles. The van der Waals surface area contributed by atoms with Crippen LogP contribution in [0.4, 0.5) is 0 Å². The SMILES string of the molecule is O=C(CCc1nc(-c2cccnc2)no1)NCC1(O)CCCCC1. The van der Waals surface area contributed by atoms with Gasteiger partial charge >= 0.3 is 0 Å². The van der Waals surface area contributed by atoms with Gasteiger partial charge in [0.25, 0.3) is 0 Å². The van der Waals surface area contributed by atoms with Crippen molar-refractivity contribution in [3.05, 3.63) is 30.4 Å². The van der Waals surface area contributed by atoms with Gasteiger partial charge in [0, 0.05) is 37.3 Å². The summed E-state index contributed by atoms with van der Waals surface area (Å²) in [6.45, 7) is 0.316. The van der Waals surface area contributed by atoms with Crippen LogP contribution in [0.5, 0.6) is 0 Å². The van der Waals surface area contributed by atoms with Crippen molar-refractivity contribution < 1.29 is 14.4 Å². The van der Waals surface area contributed by atoms with Gasteiger partial charge in [0.1, 0.15) is 0 Å². The second-order valence-corrected chi connectivity index (χ2v) is 6.32.